The van der Waals surface area contributed by atoms with Gasteiger partial charge in [0, 0.05) is 42.8 Å². The van der Waals surface area contributed by atoms with Gasteiger partial charge in [-0.05, 0) is 45.9 Å². The Bertz CT molecular complexity index is 1240. The summed E-state index contributed by atoms with van der Waals surface area (Å²) in [5.74, 6) is -0.914. The van der Waals surface area contributed by atoms with Crippen molar-refractivity contribution in [3.05, 3.63) is 59.5 Å². The molecule has 0 saturated carbocycles. The molecule has 1 atom stereocenters. The van der Waals surface area contributed by atoms with Crippen LogP contribution in [0.15, 0.2) is 42.6 Å². The summed E-state index contributed by atoms with van der Waals surface area (Å²) in [5, 5.41) is 12.2. The SMILES string of the molecule is C[C@@H](Nc1cnnc2ccc(N3CCN(C(=O)OC(C)(C)C)CC3)cc12)c1cccc(C(F)F)c1F. The average molecular weight is 502 g/mol. The topological polar surface area (TPSA) is 70.6 Å². The second-order valence-corrected chi connectivity index (χ2v) is 9.83. The monoisotopic (exact) mass is 501 g/mol. The van der Waals surface area contributed by atoms with Crippen molar-refractivity contribution in [1.29, 1.82) is 0 Å². The van der Waals surface area contributed by atoms with Crippen LogP contribution in [0, 0.1) is 5.82 Å². The summed E-state index contributed by atoms with van der Waals surface area (Å²) in [7, 11) is 0. The number of nitrogens with zero attached hydrogens (tertiary/aromatic N) is 4. The quantitative estimate of drug-likeness (QED) is 0.467. The van der Waals surface area contributed by atoms with E-state index in [2.05, 4.69) is 20.4 Å². The summed E-state index contributed by atoms with van der Waals surface area (Å²) in [4.78, 5) is 16.2. The molecular weight excluding hydrogens is 471 g/mol. The van der Waals surface area contributed by atoms with E-state index in [1.807, 2.05) is 39.0 Å². The van der Waals surface area contributed by atoms with Gasteiger partial charge in [0.15, 0.2) is 0 Å². The summed E-state index contributed by atoms with van der Waals surface area (Å²) >= 11 is 0. The Kier molecular flexibility index (Phi) is 7.23. The molecule has 0 unspecified atom stereocenters. The molecule has 1 aliphatic rings. The molecule has 1 aromatic heterocycles. The summed E-state index contributed by atoms with van der Waals surface area (Å²) < 4.78 is 46.5. The van der Waals surface area contributed by atoms with Crippen LogP contribution in [-0.2, 0) is 4.74 Å². The van der Waals surface area contributed by atoms with Crippen molar-refractivity contribution in [2.24, 2.45) is 0 Å². The zero-order chi connectivity index (χ0) is 26.0. The maximum absolute atomic E-state index is 14.7. The first kappa shape index (κ1) is 25.5. The zero-order valence-corrected chi connectivity index (χ0v) is 20.8. The third kappa shape index (κ3) is 5.63. The second-order valence-electron chi connectivity index (χ2n) is 9.83. The molecule has 0 bridgehead atoms. The van der Waals surface area contributed by atoms with Gasteiger partial charge in [0.2, 0.25) is 0 Å². The lowest BCUT2D eigenvalue weighted by molar-refractivity contribution is 0.0240. The van der Waals surface area contributed by atoms with Gasteiger partial charge in [-0.3, -0.25) is 0 Å². The van der Waals surface area contributed by atoms with Crippen LogP contribution in [0.1, 0.15) is 51.3 Å². The van der Waals surface area contributed by atoms with Crippen molar-refractivity contribution in [1.82, 2.24) is 15.1 Å². The average Bonchev–Trinajstić information content (AvgIpc) is 2.83. The molecule has 192 valence electrons. The molecule has 36 heavy (non-hydrogen) atoms. The Balaban J connectivity index is 1.52. The Morgan fingerprint density at radius 2 is 1.78 bits per heavy atom. The molecule has 7 nitrogen and oxygen atoms in total. The number of benzene rings is 2. The number of nitrogens with one attached hydrogen (secondary N) is 1. The third-order valence-corrected chi connectivity index (χ3v) is 6.05. The van der Waals surface area contributed by atoms with Gasteiger partial charge < -0.3 is 19.9 Å². The Morgan fingerprint density at radius 1 is 1.08 bits per heavy atom. The predicted molar refractivity (Wildman–Crippen MR) is 133 cm³/mol. The van der Waals surface area contributed by atoms with Crippen LogP contribution in [0.5, 0.6) is 0 Å². The Morgan fingerprint density at radius 3 is 2.44 bits per heavy atom. The van der Waals surface area contributed by atoms with Gasteiger partial charge in [-0.2, -0.15) is 10.2 Å². The van der Waals surface area contributed by atoms with E-state index >= 15 is 0 Å². The van der Waals surface area contributed by atoms with E-state index in [0.29, 0.717) is 37.4 Å². The van der Waals surface area contributed by atoms with E-state index < -0.39 is 29.4 Å². The van der Waals surface area contributed by atoms with Crippen molar-refractivity contribution >= 4 is 28.4 Å². The molecule has 1 aliphatic heterocycles. The standard InChI is InChI=1S/C26H30F3N5O2/c1-16(18-6-5-7-19(23(18)27)24(28)29)31-22-15-30-32-21-9-8-17(14-20(21)22)33-10-12-34(13-11-33)25(35)36-26(2,3)4/h5-9,14-16,24H,10-13H2,1-4H3,(H,31,32)/t16-/m1/s1. The van der Waals surface area contributed by atoms with Crippen LogP contribution in [0.25, 0.3) is 10.9 Å². The fraction of sp³-hybridized carbons (Fsp3) is 0.423. The zero-order valence-electron chi connectivity index (χ0n) is 20.8. The van der Waals surface area contributed by atoms with E-state index in [9.17, 15) is 18.0 Å². The number of hydrogen-bond acceptors (Lipinski definition) is 6. The number of fused-ring (bicyclic) bond motifs is 1. The lowest BCUT2D eigenvalue weighted by Gasteiger charge is -2.36. The van der Waals surface area contributed by atoms with Gasteiger partial charge in [0.05, 0.1) is 29.0 Å². The van der Waals surface area contributed by atoms with E-state index in [0.717, 1.165) is 17.1 Å². The number of halogens is 3. The summed E-state index contributed by atoms with van der Waals surface area (Å²) in [5.41, 5.74) is 1.19. The summed E-state index contributed by atoms with van der Waals surface area (Å²) in [6.07, 6.45) is -1.67. The van der Waals surface area contributed by atoms with Gasteiger partial charge in [0.25, 0.3) is 6.43 Å². The third-order valence-electron chi connectivity index (χ3n) is 6.05. The summed E-state index contributed by atoms with van der Waals surface area (Å²) in [6.45, 7) is 9.56. The number of carbonyl (C=O) groups is 1. The van der Waals surface area contributed by atoms with E-state index in [-0.39, 0.29) is 11.7 Å². The number of ether oxygens (including phenoxy) is 1. The lowest BCUT2D eigenvalue weighted by atomic mass is 10.0. The first-order chi connectivity index (χ1) is 17.0. The Hall–Kier alpha value is -3.56. The number of hydrogen-bond donors (Lipinski definition) is 1. The largest absolute Gasteiger partial charge is 0.444 e. The molecule has 1 amide bonds. The fourth-order valence-corrected chi connectivity index (χ4v) is 4.21. The molecule has 0 radical (unpaired) electrons. The van der Waals surface area contributed by atoms with Crippen LogP contribution in [0.4, 0.5) is 29.3 Å². The van der Waals surface area contributed by atoms with Crippen LogP contribution >= 0.6 is 0 Å². The minimum absolute atomic E-state index is 0.146. The highest BCUT2D eigenvalue weighted by Gasteiger charge is 2.26. The minimum atomic E-state index is -2.89. The molecule has 1 saturated heterocycles. The summed E-state index contributed by atoms with van der Waals surface area (Å²) in [6, 6.07) is 9.19. The van der Waals surface area contributed by atoms with Gasteiger partial charge >= 0.3 is 6.09 Å². The van der Waals surface area contributed by atoms with Crippen LogP contribution < -0.4 is 10.2 Å². The lowest BCUT2D eigenvalue weighted by Crippen LogP contribution is -2.50. The minimum Gasteiger partial charge on any atom is -0.444 e. The number of amides is 1. The first-order valence-electron chi connectivity index (χ1n) is 11.8. The smallest absolute Gasteiger partial charge is 0.410 e. The molecule has 3 aromatic rings. The van der Waals surface area contributed by atoms with Crippen LogP contribution in [-0.4, -0.2) is 53.0 Å². The van der Waals surface area contributed by atoms with Gasteiger partial charge in [0.1, 0.15) is 11.4 Å². The number of carbonyl (C=O) groups excluding carboxylic acids is 1. The number of piperazine rings is 1. The molecule has 1 N–H and O–H groups in total. The maximum Gasteiger partial charge on any atom is 0.410 e. The van der Waals surface area contributed by atoms with E-state index in [1.54, 1.807) is 11.8 Å². The molecule has 0 spiro atoms. The van der Waals surface area contributed by atoms with Crippen molar-refractivity contribution in [2.75, 3.05) is 36.4 Å². The molecule has 2 aromatic carbocycles. The first-order valence-corrected chi connectivity index (χ1v) is 11.8. The van der Waals surface area contributed by atoms with Gasteiger partial charge in [-0.15, -0.1) is 0 Å². The van der Waals surface area contributed by atoms with Gasteiger partial charge in [-0.1, -0.05) is 18.2 Å². The molecule has 4 rings (SSSR count). The molecule has 10 heteroatoms. The predicted octanol–water partition coefficient (Wildman–Crippen LogP) is 5.94. The van der Waals surface area contributed by atoms with Crippen molar-refractivity contribution in [2.45, 2.75) is 45.8 Å². The van der Waals surface area contributed by atoms with Crippen molar-refractivity contribution in [3.63, 3.8) is 0 Å². The number of alkyl halides is 2. The highest BCUT2D eigenvalue weighted by molar-refractivity contribution is 5.93. The second kappa shape index (κ2) is 10.2. The maximum atomic E-state index is 14.7. The normalized spacial score (nSPS) is 15.3. The highest BCUT2D eigenvalue weighted by atomic mass is 19.3. The molecule has 1 fully saturated rings. The molecule has 0 aliphatic carbocycles. The molecule has 2 heterocycles. The van der Waals surface area contributed by atoms with Crippen LogP contribution in [0.2, 0.25) is 0 Å². The fourth-order valence-electron chi connectivity index (χ4n) is 4.21. The molecular formula is C26H30F3N5O2. The van der Waals surface area contributed by atoms with Crippen molar-refractivity contribution < 1.29 is 22.7 Å². The Labute approximate surface area is 208 Å². The number of rotatable bonds is 5. The number of aromatic nitrogens is 2. The van der Waals surface area contributed by atoms with Crippen LogP contribution in [0.3, 0.4) is 0 Å². The van der Waals surface area contributed by atoms with E-state index in [1.165, 1.54) is 18.3 Å². The van der Waals surface area contributed by atoms with E-state index in [4.69, 9.17) is 4.74 Å². The van der Waals surface area contributed by atoms with Crippen molar-refractivity contribution in [3.8, 4) is 0 Å². The highest BCUT2D eigenvalue weighted by Crippen LogP contribution is 2.32. The van der Waals surface area contributed by atoms with Gasteiger partial charge in [-0.25, -0.2) is 18.0 Å². The number of anilines is 2.